The highest BCUT2D eigenvalue weighted by Gasteiger charge is 2.10. The SMILES string of the molecule is CCC(CCCl)CNC(=O)c1ccc(Br)c(C)c1. The van der Waals surface area contributed by atoms with Crippen LogP contribution in [-0.2, 0) is 0 Å². The summed E-state index contributed by atoms with van der Waals surface area (Å²) in [6.45, 7) is 4.79. The summed E-state index contributed by atoms with van der Waals surface area (Å²) in [6.07, 6.45) is 1.98. The number of hydrogen-bond acceptors (Lipinski definition) is 1. The predicted octanol–water partition coefficient (Wildman–Crippen LogP) is 4.14. The van der Waals surface area contributed by atoms with Gasteiger partial charge in [-0.15, -0.1) is 11.6 Å². The normalized spacial score (nSPS) is 12.2. The van der Waals surface area contributed by atoms with Gasteiger partial charge in [-0.1, -0.05) is 29.3 Å². The summed E-state index contributed by atoms with van der Waals surface area (Å²) in [5.41, 5.74) is 1.77. The van der Waals surface area contributed by atoms with Gasteiger partial charge in [0.05, 0.1) is 0 Å². The number of rotatable bonds is 6. The van der Waals surface area contributed by atoms with Crippen LogP contribution in [0, 0.1) is 12.8 Å². The van der Waals surface area contributed by atoms with Crippen molar-refractivity contribution in [3.63, 3.8) is 0 Å². The monoisotopic (exact) mass is 331 g/mol. The Morgan fingerprint density at radius 2 is 2.22 bits per heavy atom. The quantitative estimate of drug-likeness (QED) is 0.779. The molecular formula is C14H19BrClNO. The molecular weight excluding hydrogens is 314 g/mol. The van der Waals surface area contributed by atoms with E-state index in [0.29, 0.717) is 23.9 Å². The van der Waals surface area contributed by atoms with E-state index in [9.17, 15) is 4.79 Å². The molecule has 2 nitrogen and oxygen atoms in total. The van der Waals surface area contributed by atoms with Crippen LogP contribution in [0.4, 0.5) is 0 Å². The first-order valence-corrected chi connectivity index (χ1v) is 7.51. The van der Waals surface area contributed by atoms with Gasteiger partial charge in [0, 0.05) is 22.5 Å². The minimum absolute atomic E-state index is 0.0152. The highest BCUT2D eigenvalue weighted by molar-refractivity contribution is 9.10. The fraction of sp³-hybridized carbons (Fsp3) is 0.500. The molecule has 4 heteroatoms. The van der Waals surface area contributed by atoms with Crippen LogP contribution < -0.4 is 5.32 Å². The zero-order valence-electron chi connectivity index (χ0n) is 10.8. The second-order valence-corrected chi connectivity index (χ2v) is 5.66. The Labute approximate surface area is 122 Å². The van der Waals surface area contributed by atoms with Crippen LogP contribution in [0.2, 0.25) is 0 Å². The van der Waals surface area contributed by atoms with Crippen LogP contribution in [-0.4, -0.2) is 18.3 Å². The Hall–Kier alpha value is -0.540. The summed E-state index contributed by atoms with van der Waals surface area (Å²) >= 11 is 9.15. The van der Waals surface area contributed by atoms with Crippen molar-refractivity contribution in [1.29, 1.82) is 0 Å². The van der Waals surface area contributed by atoms with Gasteiger partial charge in [-0.05, 0) is 43.0 Å². The summed E-state index contributed by atoms with van der Waals surface area (Å²) in [5.74, 6) is 1.09. The van der Waals surface area contributed by atoms with Crippen LogP contribution in [0.15, 0.2) is 22.7 Å². The average Bonchev–Trinajstić information content (AvgIpc) is 2.37. The lowest BCUT2D eigenvalue weighted by Crippen LogP contribution is -2.29. The van der Waals surface area contributed by atoms with Crippen molar-refractivity contribution in [1.82, 2.24) is 5.32 Å². The van der Waals surface area contributed by atoms with E-state index in [2.05, 4.69) is 28.2 Å². The predicted molar refractivity (Wildman–Crippen MR) is 80.3 cm³/mol. The molecule has 0 aromatic heterocycles. The first-order chi connectivity index (χ1) is 8.58. The van der Waals surface area contributed by atoms with Crippen LogP contribution in [0.3, 0.4) is 0 Å². The summed E-state index contributed by atoms with van der Waals surface area (Å²) in [5, 5.41) is 2.97. The van der Waals surface area contributed by atoms with Gasteiger partial charge < -0.3 is 5.32 Å². The molecule has 0 radical (unpaired) electrons. The molecule has 100 valence electrons. The van der Waals surface area contributed by atoms with E-state index in [1.165, 1.54) is 0 Å². The number of aryl methyl sites for hydroxylation is 1. The minimum atomic E-state index is -0.0152. The van der Waals surface area contributed by atoms with Gasteiger partial charge in [0.2, 0.25) is 0 Å². The van der Waals surface area contributed by atoms with Gasteiger partial charge in [0.15, 0.2) is 0 Å². The molecule has 0 aliphatic heterocycles. The van der Waals surface area contributed by atoms with Crippen molar-refractivity contribution in [3.8, 4) is 0 Å². The highest BCUT2D eigenvalue weighted by atomic mass is 79.9. The smallest absolute Gasteiger partial charge is 0.251 e. The van der Waals surface area contributed by atoms with E-state index in [1.54, 1.807) is 0 Å². The van der Waals surface area contributed by atoms with E-state index in [1.807, 2.05) is 25.1 Å². The van der Waals surface area contributed by atoms with Gasteiger partial charge >= 0.3 is 0 Å². The highest BCUT2D eigenvalue weighted by Crippen LogP contribution is 2.17. The Kier molecular flexibility index (Phi) is 6.72. The lowest BCUT2D eigenvalue weighted by Gasteiger charge is -2.14. The van der Waals surface area contributed by atoms with Crippen molar-refractivity contribution in [3.05, 3.63) is 33.8 Å². The third kappa shape index (κ3) is 4.62. The summed E-state index contributed by atoms with van der Waals surface area (Å²) in [4.78, 5) is 12.0. The number of carbonyl (C=O) groups is 1. The number of hydrogen-bond donors (Lipinski definition) is 1. The average molecular weight is 333 g/mol. The van der Waals surface area contributed by atoms with Gasteiger partial charge in [0.25, 0.3) is 5.91 Å². The maximum absolute atomic E-state index is 12.0. The molecule has 0 aliphatic rings. The number of benzene rings is 1. The minimum Gasteiger partial charge on any atom is -0.352 e. The Morgan fingerprint density at radius 1 is 1.50 bits per heavy atom. The molecule has 1 aromatic rings. The molecule has 1 atom stereocenters. The molecule has 1 unspecified atom stereocenters. The fourth-order valence-corrected chi connectivity index (χ4v) is 2.29. The van der Waals surface area contributed by atoms with Gasteiger partial charge in [0.1, 0.15) is 0 Å². The third-order valence-electron chi connectivity index (χ3n) is 3.07. The Balaban J connectivity index is 2.57. The summed E-state index contributed by atoms with van der Waals surface area (Å²) in [7, 11) is 0. The molecule has 1 aromatic carbocycles. The molecule has 0 saturated carbocycles. The molecule has 0 fully saturated rings. The Morgan fingerprint density at radius 3 is 2.78 bits per heavy atom. The number of nitrogens with one attached hydrogen (secondary N) is 1. The van der Waals surface area contributed by atoms with Crippen LogP contribution in [0.25, 0.3) is 0 Å². The molecule has 18 heavy (non-hydrogen) atoms. The topological polar surface area (TPSA) is 29.1 Å². The summed E-state index contributed by atoms with van der Waals surface area (Å²) < 4.78 is 1.02. The lowest BCUT2D eigenvalue weighted by atomic mass is 10.0. The zero-order valence-corrected chi connectivity index (χ0v) is 13.1. The molecule has 1 amide bonds. The lowest BCUT2D eigenvalue weighted by molar-refractivity contribution is 0.0946. The first-order valence-electron chi connectivity index (χ1n) is 6.18. The second-order valence-electron chi connectivity index (χ2n) is 4.43. The number of alkyl halides is 1. The zero-order chi connectivity index (χ0) is 13.5. The fourth-order valence-electron chi connectivity index (χ4n) is 1.73. The van der Waals surface area contributed by atoms with E-state index in [0.717, 1.165) is 22.9 Å². The number of halogens is 2. The molecule has 0 spiro atoms. The van der Waals surface area contributed by atoms with Crippen molar-refractivity contribution in [2.45, 2.75) is 26.7 Å². The van der Waals surface area contributed by atoms with Crippen molar-refractivity contribution in [2.75, 3.05) is 12.4 Å². The van der Waals surface area contributed by atoms with Crippen LogP contribution in [0.1, 0.15) is 35.7 Å². The van der Waals surface area contributed by atoms with Crippen LogP contribution >= 0.6 is 27.5 Å². The summed E-state index contributed by atoms with van der Waals surface area (Å²) in [6, 6.07) is 5.62. The van der Waals surface area contributed by atoms with E-state index in [4.69, 9.17) is 11.6 Å². The molecule has 0 heterocycles. The molecule has 1 N–H and O–H groups in total. The number of amides is 1. The molecule has 0 saturated heterocycles. The second kappa shape index (κ2) is 7.80. The largest absolute Gasteiger partial charge is 0.352 e. The molecule has 0 aliphatic carbocycles. The third-order valence-corrected chi connectivity index (χ3v) is 4.17. The molecule has 1 rings (SSSR count). The van der Waals surface area contributed by atoms with E-state index < -0.39 is 0 Å². The number of carbonyl (C=O) groups excluding carboxylic acids is 1. The van der Waals surface area contributed by atoms with Gasteiger partial charge in [-0.25, -0.2) is 0 Å². The van der Waals surface area contributed by atoms with Gasteiger partial charge in [-0.3, -0.25) is 4.79 Å². The standard InChI is InChI=1S/C14H19BrClNO/c1-3-11(6-7-16)9-17-14(18)12-4-5-13(15)10(2)8-12/h4-5,8,11H,3,6-7,9H2,1-2H3,(H,17,18). The van der Waals surface area contributed by atoms with Crippen molar-refractivity contribution < 1.29 is 4.79 Å². The van der Waals surface area contributed by atoms with Gasteiger partial charge in [-0.2, -0.15) is 0 Å². The maximum Gasteiger partial charge on any atom is 0.251 e. The van der Waals surface area contributed by atoms with E-state index >= 15 is 0 Å². The first kappa shape index (κ1) is 15.5. The molecule has 0 bridgehead atoms. The maximum atomic E-state index is 12.0. The Bertz CT molecular complexity index is 409. The van der Waals surface area contributed by atoms with E-state index in [-0.39, 0.29) is 5.91 Å². The van der Waals surface area contributed by atoms with Crippen molar-refractivity contribution in [2.24, 2.45) is 5.92 Å². The van der Waals surface area contributed by atoms with Crippen LogP contribution in [0.5, 0.6) is 0 Å². The van der Waals surface area contributed by atoms with Crippen molar-refractivity contribution >= 4 is 33.4 Å².